The van der Waals surface area contributed by atoms with E-state index < -0.39 is 0 Å². The predicted molar refractivity (Wildman–Crippen MR) is 122 cm³/mol. The van der Waals surface area contributed by atoms with E-state index in [1.165, 1.54) is 11.3 Å². The molecule has 0 aliphatic rings. The molecular weight excluding hydrogens is 410 g/mol. The third kappa shape index (κ3) is 4.27. The molecule has 1 amide bonds. The second kappa shape index (κ2) is 8.97. The summed E-state index contributed by atoms with van der Waals surface area (Å²) in [7, 11) is 0. The first kappa shape index (κ1) is 20.6. The number of nitrogens with one attached hydrogen (secondary N) is 1. The Hall–Kier alpha value is -3.71. The molecule has 2 heterocycles. The van der Waals surface area contributed by atoms with Gasteiger partial charge in [0.1, 0.15) is 0 Å². The maximum absolute atomic E-state index is 12.7. The highest BCUT2D eigenvalue weighted by molar-refractivity contribution is 7.13. The Morgan fingerprint density at radius 1 is 1.10 bits per heavy atom. The Balaban J connectivity index is 1.80. The van der Waals surface area contributed by atoms with Crippen molar-refractivity contribution in [1.29, 1.82) is 0 Å². The molecule has 156 valence electrons. The fourth-order valence-corrected chi connectivity index (χ4v) is 3.94. The zero-order chi connectivity index (χ0) is 21.8. The Kier molecular flexibility index (Phi) is 5.95. The van der Waals surface area contributed by atoms with Crippen molar-refractivity contribution in [2.24, 2.45) is 0 Å². The lowest BCUT2D eigenvalue weighted by atomic mass is 10.1. The molecule has 1 N–H and O–H groups in total. The molecule has 2 aromatic heterocycles. The van der Waals surface area contributed by atoms with Crippen LogP contribution in [0.15, 0.2) is 72.2 Å². The van der Waals surface area contributed by atoms with Crippen LogP contribution in [0.25, 0.3) is 16.9 Å². The fraction of sp³-hybridized carbons (Fsp3) is 0.125. The maximum atomic E-state index is 12.7. The number of amides is 1. The molecule has 31 heavy (non-hydrogen) atoms. The number of hydrogen-bond acceptors (Lipinski definition) is 5. The molecular formula is C24H21N3O3S. The van der Waals surface area contributed by atoms with Crippen LogP contribution >= 0.6 is 11.3 Å². The largest absolute Gasteiger partial charge is 0.462 e. The van der Waals surface area contributed by atoms with Crippen LogP contribution in [-0.2, 0) is 4.74 Å². The fourth-order valence-electron chi connectivity index (χ4n) is 3.42. The number of carbonyl (C=O) groups is 2. The van der Waals surface area contributed by atoms with E-state index in [9.17, 15) is 9.59 Å². The van der Waals surface area contributed by atoms with E-state index in [-0.39, 0.29) is 11.9 Å². The monoisotopic (exact) mass is 431 g/mol. The number of benzene rings is 2. The van der Waals surface area contributed by atoms with Crippen molar-refractivity contribution in [3.63, 3.8) is 0 Å². The number of carbonyl (C=O) groups excluding carboxylic acids is 2. The van der Waals surface area contributed by atoms with E-state index in [4.69, 9.17) is 4.74 Å². The molecule has 0 atom stereocenters. The summed E-state index contributed by atoms with van der Waals surface area (Å²) in [4.78, 5) is 29.3. The highest BCUT2D eigenvalue weighted by Crippen LogP contribution is 2.30. The van der Waals surface area contributed by atoms with Gasteiger partial charge in [-0.3, -0.25) is 10.1 Å². The van der Waals surface area contributed by atoms with Crippen LogP contribution in [0, 0.1) is 6.92 Å². The molecule has 2 aromatic carbocycles. The van der Waals surface area contributed by atoms with Crippen molar-refractivity contribution in [1.82, 2.24) is 9.55 Å². The zero-order valence-corrected chi connectivity index (χ0v) is 18.0. The topological polar surface area (TPSA) is 73.2 Å². The lowest BCUT2D eigenvalue weighted by Gasteiger charge is -2.13. The molecule has 0 radical (unpaired) electrons. The minimum absolute atomic E-state index is 0.242. The SMILES string of the molecule is CCOC(=O)c1cc(-c2ccccc2)n(-c2cccc(C(=O)Nc3nccs3)c2)c1C. The first-order valence-corrected chi connectivity index (χ1v) is 10.7. The summed E-state index contributed by atoms with van der Waals surface area (Å²) in [6.07, 6.45) is 1.64. The van der Waals surface area contributed by atoms with E-state index in [0.717, 1.165) is 22.6 Å². The summed E-state index contributed by atoms with van der Waals surface area (Å²) >= 11 is 1.36. The van der Waals surface area contributed by atoms with Gasteiger partial charge < -0.3 is 9.30 Å². The van der Waals surface area contributed by atoms with Crippen molar-refractivity contribution < 1.29 is 14.3 Å². The van der Waals surface area contributed by atoms with E-state index in [0.29, 0.717) is 22.9 Å². The van der Waals surface area contributed by atoms with E-state index in [2.05, 4.69) is 10.3 Å². The van der Waals surface area contributed by atoms with Crippen LogP contribution in [0.5, 0.6) is 0 Å². The normalized spacial score (nSPS) is 10.6. The van der Waals surface area contributed by atoms with Gasteiger partial charge >= 0.3 is 5.97 Å². The first-order chi connectivity index (χ1) is 15.1. The molecule has 4 aromatic rings. The number of rotatable bonds is 6. The summed E-state index contributed by atoms with van der Waals surface area (Å²) in [6, 6.07) is 18.9. The summed E-state index contributed by atoms with van der Waals surface area (Å²) in [5.74, 6) is -0.609. The molecule has 7 heteroatoms. The first-order valence-electron chi connectivity index (χ1n) is 9.84. The van der Waals surface area contributed by atoms with Crippen LogP contribution in [0.4, 0.5) is 5.13 Å². The number of hydrogen-bond donors (Lipinski definition) is 1. The maximum Gasteiger partial charge on any atom is 0.339 e. The minimum atomic E-state index is -0.367. The van der Waals surface area contributed by atoms with Gasteiger partial charge in [0.25, 0.3) is 5.91 Å². The molecule has 4 rings (SSSR count). The van der Waals surface area contributed by atoms with Gasteiger partial charge in [0.15, 0.2) is 5.13 Å². The Morgan fingerprint density at radius 2 is 1.90 bits per heavy atom. The zero-order valence-electron chi connectivity index (χ0n) is 17.2. The molecule has 0 spiro atoms. The lowest BCUT2D eigenvalue weighted by Crippen LogP contribution is -2.12. The molecule has 0 saturated heterocycles. The van der Waals surface area contributed by atoms with Crippen molar-refractivity contribution in [2.75, 3.05) is 11.9 Å². The van der Waals surface area contributed by atoms with Gasteiger partial charge in [0.2, 0.25) is 0 Å². The van der Waals surface area contributed by atoms with Gasteiger partial charge in [0, 0.05) is 28.5 Å². The van der Waals surface area contributed by atoms with Crippen LogP contribution in [-0.4, -0.2) is 28.0 Å². The number of aromatic nitrogens is 2. The van der Waals surface area contributed by atoms with E-state index in [1.54, 1.807) is 30.6 Å². The minimum Gasteiger partial charge on any atom is -0.462 e. The van der Waals surface area contributed by atoms with Gasteiger partial charge in [-0.2, -0.15) is 0 Å². The molecule has 0 saturated carbocycles. The summed E-state index contributed by atoms with van der Waals surface area (Å²) in [6.45, 7) is 3.96. The lowest BCUT2D eigenvalue weighted by molar-refractivity contribution is 0.0525. The number of anilines is 1. The molecule has 0 fully saturated rings. The van der Waals surface area contributed by atoms with Crippen molar-refractivity contribution in [2.45, 2.75) is 13.8 Å². The van der Waals surface area contributed by atoms with Gasteiger partial charge in [-0.25, -0.2) is 9.78 Å². The Bertz CT molecular complexity index is 1210. The molecule has 0 aliphatic carbocycles. The van der Waals surface area contributed by atoms with Crippen LogP contribution in [0.2, 0.25) is 0 Å². The standard InChI is InChI=1S/C24H21N3O3S/c1-3-30-23(29)20-15-21(17-8-5-4-6-9-17)27(16(20)2)19-11-7-10-18(14-19)22(28)26-24-25-12-13-31-24/h4-15H,3H2,1-2H3,(H,25,26,28). The third-order valence-corrected chi connectivity index (χ3v) is 5.52. The van der Waals surface area contributed by atoms with Crippen LogP contribution in [0.1, 0.15) is 33.3 Å². The quantitative estimate of drug-likeness (QED) is 0.418. The second-order valence-electron chi connectivity index (χ2n) is 6.79. The third-order valence-electron chi connectivity index (χ3n) is 4.83. The number of thiazole rings is 1. The Morgan fingerprint density at radius 3 is 2.61 bits per heavy atom. The van der Waals surface area contributed by atoms with Crippen LogP contribution in [0.3, 0.4) is 0 Å². The van der Waals surface area contributed by atoms with Crippen molar-refractivity contribution in [3.05, 3.63) is 89.1 Å². The number of nitrogens with zero attached hydrogens (tertiary/aromatic N) is 2. The predicted octanol–water partition coefficient (Wildman–Crippen LogP) is 5.34. The highest BCUT2D eigenvalue weighted by Gasteiger charge is 2.21. The van der Waals surface area contributed by atoms with E-state index >= 15 is 0 Å². The second-order valence-corrected chi connectivity index (χ2v) is 7.69. The molecule has 0 unspecified atom stereocenters. The summed E-state index contributed by atoms with van der Waals surface area (Å²) in [5, 5.41) is 5.15. The van der Waals surface area contributed by atoms with Gasteiger partial charge in [-0.05, 0) is 43.7 Å². The molecule has 0 aliphatic heterocycles. The van der Waals surface area contributed by atoms with Crippen molar-refractivity contribution in [3.8, 4) is 16.9 Å². The molecule has 0 bridgehead atoms. The number of esters is 1. The summed E-state index contributed by atoms with van der Waals surface area (Å²) in [5.41, 5.74) is 4.32. The Labute approximate surface area is 184 Å². The van der Waals surface area contributed by atoms with Gasteiger partial charge in [-0.15, -0.1) is 11.3 Å². The highest BCUT2D eigenvalue weighted by atomic mass is 32.1. The summed E-state index contributed by atoms with van der Waals surface area (Å²) < 4.78 is 7.22. The van der Waals surface area contributed by atoms with Crippen molar-refractivity contribution >= 4 is 28.3 Å². The average molecular weight is 432 g/mol. The van der Waals surface area contributed by atoms with Crippen LogP contribution < -0.4 is 5.32 Å². The van der Waals surface area contributed by atoms with E-state index in [1.807, 2.05) is 60.0 Å². The van der Waals surface area contributed by atoms with Gasteiger partial charge in [0.05, 0.1) is 17.9 Å². The van der Waals surface area contributed by atoms with Gasteiger partial charge in [-0.1, -0.05) is 36.4 Å². The smallest absolute Gasteiger partial charge is 0.339 e. The average Bonchev–Trinajstić information content (AvgIpc) is 3.42. The number of ether oxygens (including phenoxy) is 1. The molecule has 6 nitrogen and oxygen atoms in total.